The van der Waals surface area contributed by atoms with Crippen molar-refractivity contribution in [3.63, 3.8) is 0 Å². The van der Waals surface area contributed by atoms with Gasteiger partial charge in [-0.05, 0) is 100 Å². The van der Waals surface area contributed by atoms with E-state index in [9.17, 15) is 4.79 Å². The lowest BCUT2D eigenvalue weighted by molar-refractivity contribution is 0.383. The third-order valence-electron chi connectivity index (χ3n) is 5.74. The number of H-pyrrole nitrogens is 1. The third kappa shape index (κ3) is 6.40. The number of nitrogens with zero attached hydrogens (tertiary/aromatic N) is 2. The molecule has 32 heavy (non-hydrogen) atoms. The Bertz CT molecular complexity index is 1140. The van der Waals surface area contributed by atoms with Crippen molar-refractivity contribution >= 4 is 28.2 Å². The van der Waals surface area contributed by atoms with Crippen molar-refractivity contribution < 1.29 is 0 Å². The van der Waals surface area contributed by atoms with Gasteiger partial charge in [0.1, 0.15) is 0 Å². The Kier molecular flexibility index (Phi) is 8.04. The molecule has 0 saturated carbocycles. The molecule has 0 atom stereocenters. The molecule has 0 aliphatic carbocycles. The van der Waals surface area contributed by atoms with Crippen LogP contribution in [0.15, 0.2) is 47.3 Å². The van der Waals surface area contributed by atoms with Crippen molar-refractivity contribution in [3.05, 3.63) is 80.6 Å². The fourth-order valence-corrected chi connectivity index (χ4v) is 3.89. The zero-order valence-corrected chi connectivity index (χ0v) is 20.6. The Morgan fingerprint density at radius 3 is 2.38 bits per heavy atom. The number of aromatic nitrogens is 1. The minimum Gasteiger partial charge on any atom is -0.363 e. The first-order valence-electron chi connectivity index (χ1n) is 11.1. The third-order valence-corrected chi connectivity index (χ3v) is 6.14. The molecular formula is C26H34N4OS. The van der Waals surface area contributed by atoms with Crippen LogP contribution in [-0.4, -0.2) is 47.1 Å². The highest BCUT2D eigenvalue weighted by molar-refractivity contribution is 7.80. The molecule has 170 valence electrons. The zero-order valence-electron chi connectivity index (χ0n) is 19.8. The van der Waals surface area contributed by atoms with Gasteiger partial charge in [0.15, 0.2) is 5.11 Å². The van der Waals surface area contributed by atoms with Crippen LogP contribution in [0.1, 0.15) is 34.2 Å². The molecule has 1 aromatic heterocycles. The maximum absolute atomic E-state index is 12.9. The first kappa shape index (κ1) is 24.0. The molecule has 6 heteroatoms. The molecule has 0 aliphatic rings. The highest BCUT2D eigenvalue weighted by Gasteiger charge is 2.14. The minimum atomic E-state index is -0.0648. The summed E-state index contributed by atoms with van der Waals surface area (Å²) in [4.78, 5) is 20.2. The molecule has 0 bridgehead atoms. The molecule has 5 nitrogen and oxygen atoms in total. The van der Waals surface area contributed by atoms with Gasteiger partial charge in [0.25, 0.3) is 5.56 Å². The van der Waals surface area contributed by atoms with E-state index >= 15 is 0 Å². The molecule has 0 unspecified atom stereocenters. The smallest absolute Gasteiger partial charge is 0.253 e. The van der Waals surface area contributed by atoms with Crippen LogP contribution in [-0.2, 0) is 13.1 Å². The number of fused-ring (bicyclic) bond motifs is 1. The normalized spacial score (nSPS) is 11.2. The molecule has 0 radical (unpaired) electrons. The van der Waals surface area contributed by atoms with Crippen LogP contribution in [0.4, 0.5) is 0 Å². The van der Waals surface area contributed by atoms with E-state index in [0.29, 0.717) is 23.8 Å². The molecule has 3 rings (SSSR count). The minimum absolute atomic E-state index is 0.0648. The summed E-state index contributed by atoms with van der Waals surface area (Å²) in [6.45, 7) is 9.12. The molecule has 0 spiro atoms. The first-order chi connectivity index (χ1) is 15.2. The van der Waals surface area contributed by atoms with Crippen LogP contribution < -0.4 is 10.9 Å². The summed E-state index contributed by atoms with van der Waals surface area (Å²) < 4.78 is 0. The average Bonchev–Trinajstić information content (AvgIpc) is 2.74. The molecular weight excluding hydrogens is 416 g/mol. The van der Waals surface area contributed by atoms with Gasteiger partial charge in [-0.25, -0.2) is 0 Å². The van der Waals surface area contributed by atoms with Crippen LogP contribution in [0.5, 0.6) is 0 Å². The maximum Gasteiger partial charge on any atom is 0.253 e. The Morgan fingerprint density at radius 2 is 1.69 bits per heavy atom. The first-order valence-corrected chi connectivity index (χ1v) is 11.5. The summed E-state index contributed by atoms with van der Waals surface area (Å²) in [6, 6.07) is 14.6. The second-order valence-electron chi connectivity index (χ2n) is 8.88. The zero-order chi connectivity index (χ0) is 23.3. The number of aryl methyl sites for hydroxylation is 3. The molecule has 2 aromatic carbocycles. The van der Waals surface area contributed by atoms with E-state index in [1.807, 2.05) is 12.1 Å². The van der Waals surface area contributed by atoms with Gasteiger partial charge in [-0.2, -0.15) is 0 Å². The van der Waals surface area contributed by atoms with Crippen molar-refractivity contribution in [2.24, 2.45) is 0 Å². The topological polar surface area (TPSA) is 51.4 Å². The standard InChI is InChI=1S/C26H34N4OS/c1-18-7-9-21(10-8-18)16-30(26(32)27-11-6-12-29(4)5)17-23-15-22-13-19(2)20(3)14-24(22)28-25(23)31/h7-10,13-15H,6,11-12,16-17H2,1-5H3,(H,27,32)(H,28,31). The largest absolute Gasteiger partial charge is 0.363 e. The van der Waals surface area contributed by atoms with E-state index in [1.165, 1.54) is 16.7 Å². The van der Waals surface area contributed by atoms with Gasteiger partial charge < -0.3 is 20.1 Å². The molecule has 0 aliphatic heterocycles. The van der Waals surface area contributed by atoms with Crippen LogP contribution in [0.2, 0.25) is 0 Å². The number of hydrogen-bond donors (Lipinski definition) is 2. The van der Waals surface area contributed by atoms with Gasteiger partial charge in [-0.15, -0.1) is 0 Å². The van der Waals surface area contributed by atoms with Crippen LogP contribution in [0.3, 0.4) is 0 Å². The highest BCUT2D eigenvalue weighted by Crippen LogP contribution is 2.18. The number of hydrogen-bond acceptors (Lipinski definition) is 3. The number of rotatable bonds is 8. The molecule has 1 heterocycles. The Balaban J connectivity index is 1.84. The molecule has 0 saturated heterocycles. The van der Waals surface area contributed by atoms with Crippen molar-refractivity contribution in [2.75, 3.05) is 27.2 Å². The van der Waals surface area contributed by atoms with E-state index < -0.39 is 0 Å². The quantitative estimate of drug-likeness (QED) is 0.396. The van der Waals surface area contributed by atoms with Gasteiger partial charge in [0, 0.05) is 24.2 Å². The van der Waals surface area contributed by atoms with Crippen molar-refractivity contribution in [1.82, 2.24) is 20.1 Å². The predicted molar refractivity (Wildman–Crippen MR) is 138 cm³/mol. The Labute approximate surface area is 196 Å². The Hall–Kier alpha value is -2.70. The summed E-state index contributed by atoms with van der Waals surface area (Å²) >= 11 is 5.74. The number of benzene rings is 2. The van der Waals surface area contributed by atoms with E-state index in [-0.39, 0.29) is 5.56 Å². The van der Waals surface area contributed by atoms with E-state index in [1.54, 1.807) is 0 Å². The maximum atomic E-state index is 12.9. The molecule has 0 amide bonds. The molecule has 3 aromatic rings. The second-order valence-corrected chi connectivity index (χ2v) is 9.26. The van der Waals surface area contributed by atoms with Crippen molar-refractivity contribution in [1.29, 1.82) is 0 Å². The van der Waals surface area contributed by atoms with Crippen LogP contribution in [0, 0.1) is 20.8 Å². The molecule has 2 N–H and O–H groups in total. The fraction of sp³-hybridized carbons (Fsp3) is 0.385. The summed E-state index contributed by atoms with van der Waals surface area (Å²) in [6.07, 6.45) is 1.00. The Morgan fingerprint density at radius 1 is 1.00 bits per heavy atom. The monoisotopic (exact) mass is 450 g/mol. The van der Waals surface area contributed by atoms with Crippen molar-refractivity contribution in [2.45, 2.75) is 40.3 Å². The lowest BCUT2D eigenvalue weighted by Crippen LogP contribution is -2.40. The summed E-state index contributed by atoms with van der Waals surface area (Å²) in [5.41, 5.74) is 6.29. The second kappa shape index (κ2) is 10.7. The van der Waals surface area contributed by atoms with Gasteiger partial charge in [-0.1, -0.05) is 29.8 Å². The highest BCUT2D eigenvalue weighted by atomic mass is 32.1. The van der Waals surface area contributed by atoms with E-state index in [4.69, 9.17) is 12.2 Å². The van der Waals surface area contributed by atoms with Gasteiger partial charge in [0.05, 0.1) is 6.54 Å². The average molecular weight is 451 g/mol. The van der Waals surface area contributed by atoms with Gasteiger partial charge >= 0.3 is 0 Å². The predicted octanol–water partition coefficient (Wildman–Crippen LogP) is 4.28. The fourth-order valence-electron chi connectivity index (χ4n) is 3.66. The lowest BCUT2D eigenvalue weighted by Gasteiger charge is -2.26. The van der Waals surface area contributed by atoms with Gasteiger partial charge in [-0.3, -0.25) is 4.79 Å². The number of nitrogens with one attached hydrogen (secondary N) is 2. The lowest BCUT2D eigenvalue weighted by atomic mass is 10.0. The molecule has 0 fully saturated rings. The summed E-state index contributed by atoms with van der Waals surface area (Å²) in [7, 11) is 4.13. The number of pyridine rings is 1. The summed E-state index contributed by atoms with van der Waals surface area (Å²) in [5.74, 6) is 0. The SMILES string of the molecule is Cc1ccc(CN(Cc2cc3cc(C)c(C)cc3[nH]c2=O)C(=S)NCCCN(C)C)cc1. The van der Waals surface area contributed by atoms with Gasteiger partial charge in [0.2, 0.25) is 0 Å². The van der Waals surface area contributed by atoms with Crippen LogP contribution >= 0.6 is 12.2 Å². The van der Waals surface area contributed by atoms with Crippen molar-refractivity contribution in [3.8, 4) is 0 Å². The van der Waals surface area contributed by atoms with Crippen LogP contribution in [0.25, 0.3) is 10.9 Å². The van der Waals surface area contributed by atoms with E-state index in [2.05, 4.69) is 85.3 Å². The number of aromatic amines is 1. The summed E-state index contributed by atoms with van der Waals surface area (Å²) in [5, 5.41) is 5.10. The van der Waals surface area contributed by atoms with E-state index in [0.717, 1.165) is 36.0 Å². The number of thiocarbonyl (C=S) groups is 1.